The summed E-state index contributed by atoms with van der Waals surface area (Å²) >= 11 is 1.14. The minimum Gasteiger partial charge on any atom is -0.319 e. The van der Waals surface area contributed by atoms with Gasteiger partial charge in [-0.15, -0.1) is 11.3 Å². The topological polar surface area (TPSA) is 86.9 Å². The number of nitrogens with one attached hydrogen (secondary N) is 3. The fourth-order valence-electron chi connectivity index (χ4n) is 2.73. The van der Waals surface area contributed by atoms with Crippen LogP contribution in [0.1, 0.15) is 15.2 Å². The Morgan fingerprint density at radius 2 is 1.79 bits per heavy atom. The van der Waals surface area contributed by atoms with Gasteiger partial charge in [0.25, 0.3) is 5.91 Å². The van der Waals surface area contributed by atoms with Gasteiger partial charge in [-0.1, -0.05) is 24.3 Å². The van der Waals surface area contributed by atoms with Crippen LogP contribution in [0.4, 0.5) is 20.3 Å². The maximum Gasteiger partial charge on any atom is 0.265 e. The molecule has 3 N–H and O–H groups in total. The van der Waals surface area contributed by atoms with E-state index in [2.05, 4.69) is 20.8 Å². The number of nitrogens with zero attached hydrogens (tertiary/aromatic N) is 1. The van der Waals surface area contributed by atoms with E-state index in [-0.39, 0.29) is 29.7 Å². The molecule has 0 saturated carbocycles. The highest BCUT2D eigenvalue weighted by Crippen LogP contribution is 2.30. The highest BCUT2D eigenvalue weighted by molar-refractivity contribution is 7.20. The standard InChI is InChI=1S/C20H14F2N4O2S/c21-12-7-5-11(6-8-12)9-17(27)24-18-13-10-16(29-20(13)26-25-18)19(28)23-15-4-2-1-3-14(15)22/h1-8,10H,9H2,(H,23,28)(H2,24,25,26,27). The second-order valence-electron chi connectivity index (χ2n) is 6.21. The SMILES string of the molecule is O=C(Cc1ccc(F)cc1)Nc1n[nH]c2sc(C(=O)Nc3ccccc3F)cc12. The van der Waals surface area contributed by atoms with E-state index in [1.807, 2.05) is 0 Å². The predicted molar refractivity (Wildman–Crippen MR) is 107 cm³/mol. The first kappa shape index (κ1) is 18.8. The smallest absolute Gasteiger partial charge is 0.265 e. The van der Waals surface area contributed by atoms with Gasteiger partial charge in [0.15, 0.2) is 5.82 Å². The van der Waals surface area contributed by atoms with Crippen molar-refractivity contribution in [3.63, 3.8) is 0 Å². The van der Waals surface area contributed by atoms with Crippen LogP contribution < -0.4 is 10.6 Å². The first-order chi connectivity index (χ1) is 14.0. The van der Waals surface area contributed by atoms with E-state index in [0.717, 1.165) is 11.3 Å². The number of aromatic nitrogens is 2. The summed E-state index contributed by atoms with van der Waals surface area (Å²) in [5, 5.41) is 12.6. The number of fused-ring (bicyclic) bond motifs is 1. The molecule has 0 unspecified atom stereocenters. The molecule has 2 heterocycles. The lowest BCUT2D eigenvalue weighted by Crippen LogP contribution is -2.15. The van der Waals surface area contributed by atoms with Crippen LogP contribution in [0.5, 0.6) is 0 Å². The number of para-hydroxylation sites is 1. The number of aromatic amines is 1. The minimum atomic E-state index is -0.529. The van der Waals surface area contributed by atoms with Crippen molar-refractivity contribution in [2.75, 3.05) is 10.6 Å². The molecule has 0 aliphatic heterocycles. The van der Waals surface area contributed by atoms with Gasteiger partial charge < -0.3 is 10.6 Å². The van der Waals surface area contributed by atoms with Crippen molar-refractivity contribution in [3.8, 4) is 0 Å². The van der Waals surface area contributed by atoms with Crippen LogP contribution in [0.3, 0.4) is 0 Å². The third kappa shape index (κ3) is 4.14. The average Bonchev–Trinajstić information content (AvgIpc) is 3.28. The van der Waals surface area contributed by atoms with Crippen LogP contribution >= 0.6 is 11.3 Å². The summed E-state index contributed by atoms with van der Waals surface area (Å²) in [6.07, 6.45) is 0.0550. The first-order valence-corrected chi connectivity index (χ1v) is 9.39. The van der Waals surface area contributed by atoms with Gasteiger partial charge in [0.1, 0.15) is 16.5 Å². The molecule has 0 radical (unpaired) electrons. The van der Waals surface area contributed by atoms with E-state index < -0.39 is 11.7 Å². The molecular weight excluding hydrogens is 398 g/mol. The Balaban J connectivity index is 1.48. The third-order valence-electron chi connectivity index (χ3n) is 4.14. The Morgan fingerprint density at radius 3 is 2.55 bits per heavy atom. The molecule has 0 atom stereocenters. The van der Waals surface area contributed by atoms with Gasteiger partial charge in [0.2, 0.25) is 5.91 Å². The molecule has 29 heavy (non-hydrogen) atoms. The Labute approximate surface area is 167 Å². The zero-order valence-corrected chi connectivity index (χ0v) is 15.6. The molecule has 2 aromatic carbocycles. The second-order valence-corrected chi connectivity index (χ2v) is 7.26. The number of carbonyl (C=O) groups is 2. The number of anilines is 2. The average molecular weight is 412 g/mol. The Morgan fingerprint density at radius 1 is 1.03 bits per heavy atom. The number of benzene rings is 2. The molecule has 0 spiro atoms. The van der Waals surface area contributed by atoms with Crippen molar-refractivity contribution in [1.82, 2.24) is 10.2 Å². The van der Waals surface area contributed by atoms with E-state index in [0.29, 0.717) is 20.7 Å². The number of hydrogen-bond donors (Lipinski definition) is 3. The van der Waals surface area contributed by atoms with Crippen molar-refractivity contribution in [2.45, 2.75) is 6.42 Å². The number of halogens is 2. The van der Waals surface area contributed by atoms with Crippen molar-refractivity contribution in [3.05, 3.63) is 76.7 Å². The number of hydrogen-bond acceptors (Lipinski definition) is 4. The lowest BCUT2D eigenvalue weighted by molar-refractivity contribution is -0.115. The zero-order chi connectivity index (χ0) is 20.4. The Kier molecular flexibility index (Phi) is 5.05. The molecule has 9 heteroatoms. The highest BCUT2D eigenvalue weighted by Gasteiger charge is 2.17. The molecule has 0 bridgehead atoms. The van der Waals surface area contributed by atoms with E-state index >= 15 is 0 Å². The van der Waals surface area contributed by atoms with E-state index in [4.69, 9.17) is 0 Å². The number of rotatable bonds is 5. The minimum absolute atomic E-state index is 0.0550. The van der Waals surface area contributed by atoms with Crippen LogP contribution in [0, 0.1) is 11.6 Å². The summed E-state index contributed by atoms with van der Waals surface area (Å²) in [4.78, 5) is 25.6. The molecule has 2 aromatic heterocycles. The van der Waals surface area contributed by atoms with Crippen molar-refractivity contribution in [2.24, 2.45) is 0 Å². The number of carbonyl (C=O) groups excluding carboxylic acids is 2. The summed E-state index contributed by atoms with van der Waals surface area (Å²) in [5.41, 5.74) is 0.742. The quantitative estimate of drug-likeness (QED) is 0.456. The normalized spacial score (nSPS) is 10.8. The monoisotopic (exact) mass is 412 g/mol. The maximum absolute atomic E-state index is 13.7. The molecule has 0 fully saturated rings. The summed E-state index contributed by atoms with van der Waals surface area (Å²) in [7, 11) is 0. The maximum atomic E-state index is 13.7. The summed E-state index contributed by atoms with van der Waals surface area (Å²) in [5.74, 6) is -1.41. The van der Waals surface area contributed by atoms with Crippen molar-refractivity contribution < 1.29 is 18.4 Å². The van der Waals surface area contributed by atoms with Gasteiger partial charge in [-0.3, -0.25) is 14.7 Å². The first-order valence-electron chi connectivity index (χ1n) is 8.57. The number of H-pyrrole nitrogens is 1. The lowest BCUT2D eigenvalue weighted by atomic mass is 10.1. The van der Waals surface area contributed by atoms with Gasteiger partial charge in [0, 0.05) is 0 Å². The van der Waals surface area contributed by atoms with Crippen LogP contribution in [0.15, 0.2) is 54.6 Å². The predicted octanol–water partition coefficient (Wildman–Crippen LogP) is 4.34. The number of thiophene rings is 1. The second kappa shape index (κ2) is 7.80. The summed E-state index contributed by atoms with van der Waals surface area (Å²) in [6.45, 7) is 0. The van der Waals surface area contributed by atoms with Gasteiger partial charge >= 0.3 is 0 Å². The van der Waals surface area contributed by atoms with Gasteiger partial charge in [-0.05, 0) is 35.9 Å². The summed E-state index contributed by atoms with van der Waals surface area (Å²) in [6, 6.07) is 13.1. The van der Waals surface area contributed by atoms with E-state index in [1.165, 1.54) is 42.5 Å². The fourth-order valence-corrected chi connectivity index (χ4v) is 3.63. The largest absolute Gasteiger partial charge is 0.319 e. The third-order valence-corrected chi connectivity index (χ3v) is 5.18. The van der Waals surface area contributed by atoms with Gasteiger partial charge in [-0.2, -0.15) is 5.10 Å². The fraction of sp³-hybridized carbons (Fsp3) is 0.0500. The Hall–Kier alpha value is -3.59. The van der Waals surface area contributed by atoms with Gasteiger partial charge in [-0.25, -0.2) is 8.78 Å². The van der Waals surface area contributed by atoms with E-state index in [1.54, 1.807) is 12.1 Å². The van der Waals surface area contributed by atoms with Crippen LogP contribution in [0.2, 0.25) is 0 Å². The molecule has 4 rings (SSSR count). The molecule has 2 amide bonds. The molecule has 0 aliphatic rings. The van der Waals surface area contributed by atoms with E-state index in [9.17, 15) is 18.4 Å². The Bertz CT molecular complexity index is 1200. The molecule has 0 aliphatic carbocycles. The molecular formula is C20H14F2N4O2S. The zero-order valence-electron chi connectivity index (χ0n) is 14.8. The highest BCUT2D eigenvalue weighted by atomic mass is 32.1. The lowest BCUT2D eigenvalue weighted by Gasteiger charge is -2.04. The summed E-state index contributed by atoms with van der Waals surface area (Å²) < 4.78 is 26.7. The van der Waals surface area contributed by atoms with Crippen molar-refractivity contribution in [1.29, 1.82) is 0 Å². The molecule has 0 saturated heterocycles. The van der Waals surface area contributed by atoms with Crippen LogP contribution in [-0.4, -0.2) is 22.0 Å². The van der Waals surface area contributed by atoms with Crippen LogP contribution in [-0.2, 0) is 11.2 Å². The van der Waals surface area contributed by atoms with Gasteiger partial charge in [0.05, 0.1) is 22.4 Å². The molecule has 4 aromatic rings. The molecule has 6 nitrogen and oxygen atoms in total. The molecule has 146 valence electrons. The van der Waals surface area contributed by atoms with Crippen molar-refractivity contribution >= 4 is 44.9 Å². The van der Waals surface area contributed by atoms with Crippen LogP contribution in [0.25, 0.3) is 10.2 Å². The number of amides is 2.